The van der Waals surface area contributed by atoms with Gasteiger partial charge in [0.15, 0.2) is 0 Å². The number of hydrogen-bond acceptors (Lipinski definition) is 1. The third-order valence-corrected chi connectivity index (χ3v) is 2.53. The van der Waals surface area contributed by atoms with Gasteiger partial charge in [0.25, 0.3) is 0 Å². The van der Waals surface area contributed by atoms with Gasteiger partial charge in [-0.15, -0.1) is 0 Å². The molecule has 1 aromatic carbocycles. The average molecular weight is 204 g/mol. The van der Waals surface area contributed by atoms with Crippen LogP contribution in [0.1, 0.15) is 31.9 Å². The lowest BCUT2D eigenvalue weighted by Gasteiger charge is -2.09. The first-order valence-electron chi connectivity index (χ1n) is 5.48. The highest BCUT2D eigenvalue weighted by molar-refractivity contribution is 5.85. The smallest absolute Gasteiger partial charge is 0.102 e. The molecule has 0 aliphatic rings. The van der Waals surface area contributed by atoms with E-state index in [4.69, 9.17) is 5.73 Å². The lowest BCUT2D eigenvalue weighted by Crippen LogP contribution is -2.18. The Kier molecular flexibility index (Phi) is 3.89. The Labute approximate surface area is 92.2 Å². The van der Waals surface area contributed by atoms with Crippen molar-refractivity contribution < 1.29 is 0 Å². The normalized spacial score (nSPS) is 12.2. The van der Waals surface area contributed by atoms with Crippen molar-refractivity contribution in [1.29, 1.82) is 0 Å². The Morgan fingerprint density at radius 1 is 1.40 bits per heavy atom. The highest BCUT2D eigenvalue weighted by atomic mass is 14.9. The molecule has 0 saturated carbocycles. The second-order valence-corrected chi connectivity index (χ2v) is 4.13. The van der Waals surface area contributed by atoms with Crippen LogP contribution >= 0.6 is 0 Å². The van der Waals surface area contributed by atoms with Crippen LogP contribution in [-0.2, 0) is 6.42 Å². The van der Waals surface area contributed by atoms with Gasteiger partial charge in [-0.05, 0) is 24.5 Å². The molecular weight excluding hydrogens is 184 g/mol. The maximum Gasteiger partial charge on any atom is 0.102 e. The molecule has 0 bridgehead atoms. The zero-order valence-corrected chi connectivity index (χ0v) is 10.0. The minimum absolute atomic E-state index is 0.300. The summed E-state index contributed by atoms with van der Waals surface area (Å²) in [5, 5.41) is 0. The minimum atomic E-state index is 0.300. The van der Waals surface area contributed by atoms with Crippen LogP contribution in [0.3, 0.4) is 0 Å². The van der Waals surface area contributed by atoms with Crippen molar-refractivity contribution >= 4 is 11.5 Å². The highest BCUT2D eigenvalue weighted by Gasteiger charge is 2.05. The molecule has 0 saturated heterocycles. The number of benzene rings is 1. The Morgan fingerprint density at radius 3 is 2.60 bits per heavy atom. The van der Waals surface area contributed by atoms with Crippen LogP contribution < -0.4 is 5.73 Å². The number of nitrogens with two attached hydrogens (primary N) is 1. The lowest BCUT2D eigenvalue weighted by atomic mass is 10.1. The molecule has 15 heavy (non-hydrogen) atoms. The van der Waals surface area contributed by atoms with Crippen molar-refractivity contribution in [1.82, 2.24) is 0 Å². The summed E-state index contributed by atoms with van der Waals surface area (Å²) in [6, 6.07) is 6.25. The summed E-state index contributed by atoms with van der Waals surface area (Å²) < 4.78 is 0. The van der Waals surface area contributed by atoms with Crippen LogP contribution in [0.15, 0.2) is 23.2 Å². The molecule has 0 spiro atoms. The number of nitrogens with zero attached hydrogens (tertiary/aromatic N) is 1. The van der Waals surface area contributed by atoms with Gasteiger partial charge in [0.1, 0.15) is 5.84 Å². The van der Waals surface area contributed by atoms with Gasteiger partial charge in [-0.1, -0.05) is 39.0 Å². The van der Waals surface area contributed by atoms with Crippen LogP contribution in [0, 0.1) is 12.8 Å². The van der Waals surface area contributed by atoms with Gasteiger partial charge in [-0.25, -0.2) is 4.99 Å². The molecule has 2 heteroatoms. The van der Waals surface area contributed by atoms with Gasteiger partial charge in [0.2, 0.25) is 0 Å². The van der Waals surface area contributed by atoms with Gasteiger partial charge in [-0.2, -0.15) is 0 Å². The van der Waals surface area contributed by atoms with E-state index in [0.29, 0.717) is 11.8 Å². The van der Waals surface area contributed by atoms with E-state index in [2.05, 4.69) is 50.9 Å². The molecule has 0 heterocycles. The van der Waals surface area contributed by atoms with Gasteiger partial charge in [0, 0.05) is 5.92 Å². The number of aryl methyl sites for hydroxylation is 2. The largest absolute Gasteiger partial charge is 0.387 e. The summed E-state index contributed by atoms with van der Waals surface area (Å²) in [6.45, 7) is 8.33. The number of aliphatic imine (C=N–C) groups is 1. The zero-order chi connectivity index (χ0) is 11.4. The minimum Gasteiger partial charge on any atom is -0.387 e. The van der Waals surface area contributed by atoms with E-state index in [9.17, 15) is 0 Å². The van der Waals surface area contributed by atoms with Crippen molar-refractivity contribution in [3.8, 4) is 0 Å². The predicted octanol–water partition coefficient (Wildman–Crippen LogP) is 3.20. The summed E-state index contributed by atoms with van der Waals surface area (Å²) in [6.07, 6.45) is 0.992. The quantitative estimate of drug-likeness (QED) is 0.596. The van der Waals surface area contributed by atoms with Crippen molar-refractivity contribution in [3.63, 3.8) is 0 Å². The maximum atomic E-state index is 5.89. The SMILES string of the molecule is CCc1cccc(C)c1N=C(N)C(C)C. The molecular formula is C13H20N2. The predicted molar refractivity (Wildman–Crippen MR) is 66.7 cm³/mol. The molecule has 0 fully saturated rings. The fraction of sp³-hybridized carbons (Fsp3) is 0.462. The van der Waals surface area contributed by atoms with Crippen molar-refractivity contribution in [3.05, 3.63) is 29.3 Å². The molecule has 0 aliphatic heterocycles. The summed E-state index contributed by atoms with van der Waals surface area (Å²) in [4.78, 5) is 4.52. The first-order chi connectivity index (χ1) is 7.06. The van der Waals surface area contributed by atoms with E-state index in [-0.39, 0.29) is 0 Å². The summed E-state index contributed by atoms with van der Waals surface area (Å²) in [7, 11) is 0. The lowest BCUT2D eigenvalue weighted by molar-refractivity contribution is 0.872. The molecule has 0 atom stereocenters. The fourth-order valence-electron chi connectivity index (χ4n) is 1.42. The van der Waals surface area contributed by atoms with E-state index >= 15 is 0 Å². The van der Waals surface area contributed by atoms with Crippen molar-refractivity contribution in [2.24, 2.45) is 16.6 Å². The third kappa shape index (κ3) is 2.82. The van der Waals surface area contributed by atoms with Crippen LogP contribution in [0.4, 0.5) is 5.69 Å². The van der Waals surface area contributed by atoms with E-state index in [1.165, 1.54) is 11.1 Å². The molecule has 2 nitrogen and oxygen atoms in total. The van der Waals surface area contributed by atoms with Crippen LogP contribution in [0.25, 0.3) is 0 Å². The molecule has 82 valence electrons. The molecule has 0 aromatic heterocycles. The van der Waals surface area contributed by atoms with Gasteiger partial charge in [0.05, 0.1) is 5.69 Å². The number of para-hydroxylation sites is 1. The van der Waals surface area contributed by atoms with Crippen molar-refractivity contribution in [2.45, 2.75) is 34.1 Å². The van der Waals surface area contributed by atoms with E-state index in [1.807, 2.05) is 0 Å². The first kappa shape index (κ1) is 11.8. The van der Waals surface area contributed by atoms with E-state index in [0.717, 1.165) is 12.1 Å². The highest BCUT2D eigenvalue weighted by Crippen LogP contribution is 2.24. The maximum absolute atomic E-state index is 5.89. The molecule has 0 radical (unpaired) electrons. The molecule has 0 amide bonds. The first-order valence-corrected chi connectivity index (χ1v) is 5.48. The number of hydrogen-bond donors (Lipinski definition) is 1. The second-order valence-electron chi connectivity index (χ2n) is 4.13. The molecule has 2 N–H and O–H groups in total. The number of rotatable bonds is 3. The van der Waals surface area contributed by atoms with Gasteiger partial charge in [-0.3, -0.25) is 0 Å². The molecule has 1 aromatic rings. The monoisotopic (exact) mass is 204 g/mol. The molecule has 0 aliphatic carbocycles. The topological polar surface area (TPSA) is 38.4 Å². The van der Waals surface area contributed by atoms with E-state index < -0.39 is 0 Å². The Bertz CT molecular complexity index is 365. The second kappa shape index (κ2) is 4.96. The Hall–Kier alpha value is -1.31. The van der Waals surface area contributed by atoms with Gasteiger partial charge < -0.3 is 5.73 Å². The van der Waals surface area contributed by atoms with Crippen LogP contribution in [-0.4, -0.2) is 5.84 Å². The Morgan fingerprint density at radius 2 is 2.07 bits per heavy atom. The fourth-order valence-corrected chi connectivity index (χ4v) is 1.42. The molecule has 1 rings (SSSR count). The summed E-state index contributed by atoms with van der Waals surface area (Å²) in [5.41, 5.74) is 9.39. The van der Waals surface area contributed by atoms with Crippen LogP contribution in [0.5, 0.6) is 0 Å². The standard InChI is InChI=1S/C13H20N2/c1-5-11-8-6-7-10(4)12(11)15-13(14)9(2)3/h6-9H,5H2,1-4H3,(H2,14,15). The van der Waals surface area contributed by atoms with Gasteiger partial charge >= 0.3 is 0 Å². The number of amidine groups is 1. The zero-order valence-electron chi connectivity index (χ0n) is 10.0. The summed E-state index contributed by atoms with van der Waals surface area (Å²) >= 11 is 0. The van der Waals surface area contributed by atoms with Crippen LogP contribution in [0.2, 0.25) is 0 Å². The average Bonchev–Trinajstić information content (AvgIpc) is 2.20. The Balaban J connectivity index is 3.18. The summed E-state index contributed by atoms with van der Waals surface area (Å²) in [5.74, 6) is 1.01. The third-order valence-electron chi connectivity index (χ3n) is 2.53. The molecule has 0 unspecified atom stereocenters. The van der Waals surface area contributed by atoms with E-state index in [1.54, 1.807) is 0 Å². The van der Waals surface area contributed by atoms with Crippen molar-refractivity contribution in [2.75, 3.05) is 0 Å².